The Morgan fingerprint density at radius 1 is 1.25 bits per heavy atom. The minimum atomic E-state index is -3.64. The van der Waals surface area contributed by atoms with E-state index in [9.17, 15) is 18.4 Å². The monoisotopic (exact) mass is 291 g/mol. The summed E-state index contributed by atoms with van der Waals surface area (Å²) in [5.74, 6) is -5.62. The first-order valence-corrected chi connectivity index (χ1v) is 7.24. The summed E-state index contributed by atoms with van der Waals surface area (Å²) in [4.78, 5) is 24.1. The van der Waals surface area contributed by atoms with E-state index in [-0.39, 0.29) is 6.42 Å². The summed E-state index contributed by atoms with van der Waals surface area (Å²) in [7, 11) is 0. The lowest BCUT2D eigenvalue weighted by Gasteiger charge is -2.29. The molecule has 1 heterocycles. The molecule has 0 radical (unpaired) electrons. The molecule has 0 spiro atoms. The normalized spacial score (nSPS) is 17.1. The van der Waals surface area contributed by atoms with Gasteiger partial charge in [0.15, 0.2) is 6.10 Å². The van der Waals surface area contributed by atoms with E-state index in [0.717, 1.165) is 37.5 Å². The topological polar surface area (TPSA) is 46.6 Å². The van der Waals surface area contributed by atoms with Gasteiger partial charge in [-0.15, -0.1) is 0 Å². The van der Waals surface area contributed by atoms with Gasteiger partial charge < -0.3 is 9.64 Å². The molecule has 1 amide bonds. The largest absolute Gasteiger partial charge is 0.456 e. The third-order valence-electron chi connectivity index (χ3n) is 3.46. The lowest BCUT2D eigenvalue weighted by atomic mass is 10.0. The molecular weight excluding hydrogens is 268 g/mol. The molecule has 0 aliphatic carbocycles. The zero-order chi connectivity index (χ0) is 15.2. The third kappa shape index (κ3) is 4.42. The molecule has 4 nitrogen and oxygen atoms in total. The Kier molecular flexibility index (Phi) is 6.36. The van der Waals surface area contributed by atoms with Crippen molar-refractivity contribution >= 4 is 11.9 Å². The number of esters is 1. The van der Waals surface area contributed by atoms with Crippen LogP contribution in [0.2, 0.25) is 0 Å². The molecule has 0 bridgehead atoms. The maximum atomic E-state index is 14.3. The van der Waals surface area contributed by atoms with Gasteiger partial charge in [-0.05, 0) is 25.7 Å². The van der Waals surface area contributed by atoms with Crippen LogP contribution in [0.1, 0.15) is 52.4 Å². The van der Waals surface area contributed by atoms with Gasteiger partial charge in [0.1, 0.15) is 0 Å². The highest BCUT2D eigenvalue weighted by Gasteiger charge is 2.51. The number of hydrogen-bond acceptors (Lipinski definition) is 3. The minimum absolute atomic E-state index is 0.0139. The molecule has 6 heteroatoms. The first kappa shape index (κ1) is 16.9. The zero-order valence-electron chi connectivity index (χ0n) is 12.2. The number of ether oxygens (including phenoxy) is 1. The van der Waals surface area contributed by atoms with Gasteiger partial charge in [-0.3, -0.25) is 9.59 Å². The number of likely N-dealkylation sites (tertiary alicyclic amines) is 1. The number of carbonyl (C=O) groups is 2. The van der Waals surface area contributed by atoms with Crippen LogP contribution in [0.3, 0.4) is 0 Å². The molecule has 1 saturated heterocycles. The lowest BCUT2D eigenvalue weighted by molar-refractivity contribution is -0.187. The lowest BCUT2D eigenvalue weighted by Crippen LogP contribution is -2.50. The molecule has 20 heavy (non-hydrogen) atoms. The summed E-state index contributed by atoms with van der Waals surface area (Å²) in [6.07, 6.45) is 2.01. The number of rotatable bonds is 7. The van der Waals surface area contributed by atoms with Gasteiger partial charge in [0, 0.05) is 20.0 Å². The van der Waals surface area contributed by atoms with Crippen molar-refractivity contribution in [1.29, 1.82) is 0 Å². The van der Waals surface area contributed by atoms with Crippen LogP contribution in [0.4, 0.5) is 8.78 Å². The van der Waals surface area contributed by atoms with Crippen molar-refractivity contribution in [3.63, 3.8) is 0 Å². The number of unbranched alkanes of at least 4 members (excludes halogenated alkanes) is 2. The molecule has 0 aromatic rings. The molecule has 1 unspecified atom stereocenters. The molecule has 1 aliphatic heterocycles. The van der Waals surface area contributed by atoms with Gasteiger partial charge in [0.25, 0.3) is 5.91 Å². The van der Waals surface area contributed by atoms with Crippen LogP contribution in [0.5, 0.6) is 0 Å². The average molecular weight is 291 g/mol. The van der Waals surface area contributed by atoms with Gasteiger partial charge >= 0.3 is 11.9 Å². The predicted octanol–water partition coefficient (Wildman–Crippen LogP) is 2.76. The first-order valence-electron chi connectivity index (χ1n) is 7.24. The first-order chi connectivity index (χ1) is 9.39. The van der Waals surface area contributed by atoms with E-state index in [1.165, 1.54) is 0 Å². The molecule has 1 aliphatic rings. The summed E-state index contributed by atoms with van der Waals surface area (Å²) in [5, 5.41) is 0. The highest BCUT2D eigenvalue weighted by molar-refractivity contribution is 5.84. The van der Waals surface area contributed by atoms with E-state index in [4.69, 9.17) is 4.74 Å². The summed E-state index contributed by atoms with van der Waals surface area (Å²) >= 11 is 0. The van der Waals surface area contributed by atoms with Gasteiger partial charge in [-0.25, -0.2) is 0 Å². The average Bonchev–Trinajstić information content (AvgIpc) is 2.90. The van der Waals surface area contributed by atoms with E-state index < -0.39 is 23.9 Å². The van der Waals surface area contributed by atoms with Crippen LogP contribution >= 0.6 is 0 Å². The Labute approximate surface area is 118 Å². The summed E-state index contributed by atoms with van der Waals surface area (Å²) in [5.41, 5.74) is 0. The zero-order valence-corrected chi connectivity index (χ0v) is 12.2. The Morgan fingerprint density at radius 2 is 1.85 bits per heavy atom. The predicted molar refractivity (Wildman–Crippen MR) is 70.5 cm³/mol. The van der Waals surface area contributed by atoms with Crippen LogP contribution in [0.25, 0.3) is 0 Å². The minimum Gasteiger partial charge on any atom is -0.456 e. The van der Waals surface area contributed by atoms with Crippen molar-refractivity contribution in [2.45, 2.75) is 64.4 Å². The molecule has 0 saturated carbocycles. The number of halogens is 2. The van der Waals surface area contributed by atoms with E-state index in [2.05, 4.69) is 0 Å². The number of carbonyl (C=O) groups excluding carboxylic acids is 2. The van der Waals surface area contributed by atoms with Crippen molar-refractivity contribution in [1.82, 2.24) is 4.90 Å². The van der Waals surface area contributed by atoms with Crippen molar-refractivity contribution in [2.24, 2.45) is 0 Å². The standard InChI is InChI=1S/C14H23F2NO3/c1-3-4-5-8-12(20-11(2)18)14(15,16)13(19)17-9-6-7-10-17/h12H,3-10H2,1-2H3. The number of alkyl halides is 2. The van der Waals surface area contributed by atoms with Gasteiger partial charge in [-0.1, -0.05) is 19.8 Å². The fourth-order valence-electron chi connectivity index (χ4n) is 2.36. The Bertz CT molecular complexity index is 341. The smallest absolute Gasteiger partial charge is 0.360 e. The maximum absolute atomic E-state index is 14.3. The fourth-order valence-corrected chi connectivity index (χ4v) is 2.36. The van der Waals surface area contributed by atoms with Gasteiger partial charge in [0.05, 0.1) is 0 Å². The maximum Gasteiger partial charge on any atom is 0.360 e. The second kappa shape index (κ2) is 7.55. The van der Waals surface area contributed by atoms with Crippen molar-refractivity contribution < 1.29 is 23.1 Å². The van der Waals surface area contributed by atoms with E-state index >= 15 is 0 Å². The Balaban J connectivity index is 2.73. The highest BCUT2D eigenvalue weighted by atomic mass is 19.3. The molecule has 1 rings (SSSR count). The van der Waals surface area contributed by atoms with Crippen molar-refractivity contribution in [3.05, 3.63) is 0 Å². The van der Waals surface area contributed by atoms with Crippen LogP contribution in [-0.4, -0.2) is 41.9 Å². The number of amides is 1. The Morgan fingerprint density at radius 3 is 2.35 bits per heavy atom. The number of nitrogens with zero attached hydrogens (tertiary/aromatic N) is 1. The second-order valence-corrected chi connectivity index (χ2v) is 5.22. The van der Waals surface area contributed by atoms with Gasteiger partial charge in [0.2, 0.25) is 0 Å². The van der Waals surface area contributed by atoms with E-state index in [1.807, 2.05) is 6.92 Å². The van der Waals surface area contributed by atoms with Gasteiger partial charge in [-0.2, -0.15) is 8.78 Å². The fraction of sp³-hybridized carbons (Fsp3) is 0.857. The summed E-state index contributed by atoms with van der Waals surface area (Å²) in [6, 6.07) is 0. The second-order valence-electron chi connectivity index (χ2n) is 5.22. The molecule has 0 aromatic carbocycles. The van der Waals surface area contributed by atoms with Crippen molar-refractivity contribution in [3.8, 4) is 0 Å². The molecule has 1 fully saturated rings. The van der Waals surface area contributed by atoms with E-state index in [1.54, 1.807) is 0 Å². The molecular formula is C14H23F2NO3. The third-order valence-corrected chi connectivity index (χ3v) is 3.46. The quantitative estimate of drug-likeness (QED) is 0.535. The van der Waals surface area contributed by atoms with Crippen LogP contribution in [-0.2, 0) is 14.3 Å². The molecule has 1 atom stereocenters. The van der Waals surface area contributed by atoms with Crippen LogP contribution < -0.4 is 0 Å². The number of hydrogen-bond donors (Lipinski definition) is 0. The Hall–Kier alpha value is -1.20. The van der Waals surface area contributed by atoms with Crippen LogP contribution in [0.15, 0.2) is 0 Å². The molecule has 0 aromatic heterocycles. The molecule has 116 valence electrons. The summed E-state index contributed by atoms with van der Waals surface area (Å²) < 4.78 is 33.2. The molecule has 0 N–H and O–H groups in total. The summed E-state index contributed by atoms with van der Waals surface area (Å²) in [6.45, 7) is 3.75. The SMILES string of the molecule is CCCCCC(OC(C)=O)C(F)(F)C(=O)N1CCCC1. The highest BCUT2D eigenvalue weighted by Crippen LogP contribution is 2.29. The van der Waals surface area contributed by atoms with E-state index in [0.29, 0.717) is 19.5 Å². The van der Waals surface area contributed by atoms with Crippen LogP contribution in [0, 0.1) is 0 Å². The van der Waals surface area contributed by atoms with Crippen molar-refractivity contribution in [2.75, 3.05) is 13.1 Å².